The van der Waals surface area contributed by atoms with Crippen molar-refractivity contribution in [3.05, 3.63) is 59.2 Å². The Balaban J connectivity index is 1.73. The number of para-hydroxylation sites is 1. The van der Waals surface area contributed by atoms with E-state index in [4.69, 9.17) is 0 Å². The molecule has 1 aromatic heterocycles. The van der Waals surface area contributed by atoms with Gasteiger partial charge < -0.3 is 5.32 Å². The number of benzene rings is 1. The number of carbonyl (C=O) groups excluding carboxylic acids is 1. The molecule has 1 N–H and O–H groups in total. The van der Waals surface area contributed by atoms with Crippen molar-refractivity contribution in [1.29, 1.82) is 0 Å². The minimum Gasteiger partial charge on any atom is -0.354 e. The molecule has 0 fully saturated rings. The van der Waals surface area contributed by atoms with Crippen LogP contribution in [0, 0.1) is 5.82 Å². The van der Waals surface area contributed by atoms with Crippen molar-refractivity contribution in [2.75, 3.05) is 17.4 Å². The Bertz CT molecular complexity index is 940. The summed E-state index contributed by atoms with van der Waals surface area (Å²) in [5, 5.41) is 4.39. The summed E-state index contributed by atoms with van der Waals surface area (Å²) >= 11 is 1.03. The molecular formula is C20H23FN2O3S2. The van der Waals surface area contributed by atoms with Gasteiger partial charge in [-0.05, 0) is 55.7 Å². The second kappa shape index (κ2) is 9.34. The number of anilines is 1. The first kappa shape index (κ1) is 20.5. The van der Waals surface area contributed by atoms with Gasteiger partial charge in [0.1, 0.15) is 16.6 Å². The van der Waals surface area contributed by atoms with Crippen LogP contribution in [0.3, 0.4) is 0 Å². The number of thiophene rings is 1. The predicted molar refractivity (Wildman–Crippen MR) is 109 cm³/mol. The lowest BCUT2D eigenvalue weighted by molar-refractivity contribution is -0.119. The van der Waals surface area contributed by atoms with Gasteiger partial charge in [-0.15, -0.1) is 11.3 Å². The summed E-state index contributed by atoms with van der Waals surface area (Å²) in [7, 11) is -4.03. The van der Waals surface area contributed by atoms with E-state index >= 15 is 0 Å². The van der Waals surface area contributed by atoms with E-state index in [-0.39, 0.29) is 9.90 Å². The maximum atomic E-state index is 14.3. The molecule has 0 aliphatic heterocycles. The highest BCUT2D eigenvalue weighted by Gasteiger charge is 2.29. The largest absolute Gasteiger partial charge is 0.354 e. The molecule has 0 unspecified atom stereocenters. The van der Waals surface area contributed by atoms with Crippen molar-refractivity contribution in [1.82, 2.24) is 5.32 Å². The van der Waals surface area contributed by atoms with E-state index in [9.17, 15) is 17.6 Å². The summed E-state index contributed by atoms with van der Waals surface area (Å²) < 4.78 is 41.2. The monoisotopic (exact) mass is 422 g/mol. The van der Waals surface area contributed by atoms with Crippen LogP contribution >= 0.6 is 11.3 Å². The number of allylic oxidation sites excluding steroid dienone is 1. The van der Waals surface area contributed by atoms with E-state index in [1.807, 2.05) is 0 Å². The van der Waals surface area contributed by atoms with Gasteiger partial charge in [-0.2, -0.15) is 0 Å². The number of hydrogen-bond donors (Lipinski definition) is 1. The normalized spacial score (nSPS) is 14.4. The first-order chi connectivity index (χ1) is 13.5. The Morgan fingerprint density at radius 2 is 2.00 bits per heavy atom. The molecule has 8 heteroatoms. The van der Waals surface area contributed by atoms with Crippen LogP contribution in [-0.4, -0.2) is 27.4 Å². The average molecular weight is 423 g/mol. The summed E-state index contributed by atoms with van der Waals surface area (Å²) in [5.74, 6) is -1.15. The van der Waals surface area contributed by atoms with E-state index in [0.29, 0.717) is 6.54 Å². The van der Waals surface area contributed by atoms with E-state index in [1.54, 1.807) is 17.5 Å². The molecular weight excluding hydrogens is 399 g/mol. The highest BCUT2D eigenvalue weighted by molar-refractivity contribution is 7.94. The molecule has 28 heavy (non-hydrogen) atoms. The fourth-order valence-corrected chi connectivity index (χ4v) is 5.69. The highest BCUT2D eigenvalue weighted by atomic mass is 32.2. The summed E-state index contributed by atoms with van der Waals surface area (Å²) in [5.41, 5.74) is 1.18. The minimum atomic E-state index is -4.03. The number of sulfonamides is 1. The molecule has 1 aliphatic carbocycles. The second-order valence-electron chi connectivity index (χ2n) is 6.60. The van der Waals surface area contributed by atoms with Crippen LogP contribution in [0.4, 0.5) is 10.1 Å². The van der Waals surface area contributed by atoms with E-state index in [0.717, 1.165) is 34.9 Å². The third-order valence-electron chi connectivity index (χ3n) is 4.60. The first-order valence-corrected chi connectivity index (χ1v) is 11.6. The van der Waals surface area contributed by atoms with Gasteiger partial charge in [0.15, 0.2) is 0 Å². The molecule has 0 saturated heterocycles. The molecule has 0 saturated carbocycles. The molecule has 0 spiro atoms. The van der Waals surface area contributed by atoms with E-state index in [2.05, 4.69) is 11.4 Å². The van der Waals surface area contributed by atoms with Gasteiger partial charge in [0.2, 0.25) is 5.91 Å². The Kier molecular flexibility index (Phi) is 6.85. The summed E-state index contributed by atoms with van der Waals surface area (Å²) in [6.45, 7) is -0.0327. The maximum absolute atomic E-state index is 14.3. The molecule has 1 aliphatic rings. The van der Waals surface area contributed by atoms with Gasteiger partial charge in [-0.1, -0.05) is 29.8 Å². The Labute approximate surface area is 168 Å². The number of rotatable bonds is 8. The third kappa shape index (κ3) is 4.99. The molecule has 5 nitrogen and oxygen atoms in total. The van der Waals surface area contributed by atoms with Gasteiger partial charge in [-0.25, -0.2) is 12.8 Å². The lowest BCUT2D eigenvalue weighted by Gasteiger charge is -2.23. The summed E-state index contributed by atoms with van der Waals surface area (Å²) in [6.07, 6.45) is 7.45. The molecule has 3 rings (SSSR count). The summed E-state index contributed by atoms with van der Waals surface area (Å²) in [6, 6.07) is 8.62. The van der Waals surface area contributed by atoms with Crippen molar-refractivity contribution in [2.45, 2.75) is 36.3 Å². The lowest BCUT2D eigenvalue weighted by Crippen LogP contribution is -2.41. The van der Waals surface area contributed by atoms with Crippen molar-refractivity contribution >= 4 is 33.0 Å². The fraction of sp³-hybridized carbons (Fsp3) is 0.350. The van der Waals surface area contributed by atoms with E-state index < -0.39 is 28.3 Å². The molecule has 1 aromatic carbocycles. The van der Waals surface area contributed by atoms with Crippen molar-refractivity contribution < 1.29 is 17.6 Å². The predicted octanol–water partition coefficient (Wildman–Crippen LogP) is 4.09. The Morgan fingerprint density at radius 1 is 1.18 bits per heavy atom. The van der Waals surface area contributed by atoms with Crippen LogP contribution in [0.15, 0.2) is 57.6 Å². The number of nitrogens with zero attached hydrogens (tertiary/aromatic N) is 1. The second-order valence-corrected chi connectivity index (χ2v) is 9.64. The third-order valence-corrected chi connectivity index (χ3v) is 7.73. The molecule has 1 heterocycles. The smallest absolute Gasteiger partial charge is 0.274 e. The molecule has 0 atom stereocenters. The first-order valence-electron chi connectivity index (χ1n) is 9.24. The van der Waals surface area contributed by atoms with Gasteiger partial charge in [0.05, 0.1) is 5.69 Å². The standard InChI is InChI=1S/C20H23FN2O3S2/c21-17-9-4-5-10-18(17)23(28(25,26)20-11-6-14-27-20)15-19(24)22-13-12-16-7-2-1-3-8-16/h4-7,9-11,14H,1-3,8,12-13,15H2,(H,22,24). The Morgan fingerprint density at radius 3 is 2.68 bits per heavy atom. The van der Waals surface area contributed by atoms with Crippen molar-refractivity contribution in [2.24, 2.45) is 0 Å². The molecule has 2 aromatic rings. The zero-order valence-corrected chi connectivity index (χ0v) is 17.1. The number of halogens is 1. The zero-order chi connectivity index (χ0) is 20.0. The minimum absolute atomic E-state index is 0.0657. The highest BCUT2D eigenvalue weighted by Crippen LogP contribution is 2.28. The van der Waals surface area contributed by atoms with E-state index in [1.165, 1.54) is 42.7 Å². The van der Waals surface area contributed by atoms with Crippen LogP contribution < -0.4 is 9.62 Å². The molecule has 1 amide bonds. The van der Waals surface area contributed by atoms with Crippen molar-refractivity contribution in [3.8, 4) is 0 Å². The average Bonchev–Trinajstić information content (AvgIpc) is 3.23. The van der Waals surface area contributed by atoms with Gasteiger partial charge in [0.25, 0.3) is 10.0 Å². The quantitative estimate of drug-likeness (QED) is 0.652. The van der Waals surface area contributed by atoms with Crippen LogP contribution in [-0.2, 0) is 14.8 Å². The lowest BCUT2D eigenvalue weighted by atomic mass is 9.97. The van der Waals surface area contributed by atoms with Crippen LogP contribution in [0.2, 0.25) is 0 Å². The number of hydrogen-bond acceptors (Lipinski definition) is 4. The Hall–Kier alpha value is -2.19. The van der Waals surface area contributed by atoms with Gasteiger partial charge >= 0.3 is 0 Å². The molecule has 150 valence electrons. The molecule has 0 radical (unpaired) electrons. The van der Waals surface area contributed by atoms with Crippen LogP contribution in [0.5, 0.6) is 0 Å². The number of amides is 1. The van der Waals surface area contributed by atoms with Crippen LogP contribution in [0.25, 0.3) is 0 Å². The van der Waals surface area contributed by atoms with Crippen molar-refractivity contribution in [3.63, 3.8) is 0 Å². The number of carbonyl (C=O) groups is 1. The van der Waals surface area contributed by atoms with Gasteiger partial charge in [0, 0.05) is 6.54 Å². The van der Waals surface area contributed by atoms with Gasteiger partial charge in [-0.3, -0.25) is 9.10 Å². The SMILES string of the molecule is O=C(CN(c1ccccc1F)S(=O)(=O)c1cccs1)NCCC1=CCCCC1. The zero-order valence-electron chi connectivity index (χ0n) is 15.4. The maximum Gasteiger partial charge on any atom is 0.274 e. The van der Waals surface area contributed by atoms with Crippen LogP contribution in [0.1, 0.15) is 32.1 Å². The summed E-state index contributed by atoms with van der Waals surface area (Å²) in [4.78, 5) is 12.4. The number of nitrogens with one attached hydrogen (secondary N) is 1. The molecule has 0 bridgehead atoms. The fourth-order valence-electron chi connectivity index (χ4n) is 3.15. The topological polar surface area (TPSA) is 66.5 Å².